The van der Waals surface area contributed by atoms with Crippen LogP contribution in [0.2, 0.25) is 0 Å². The van der Waals surface area contributed by atoms with Crippen LogP contribution in [0.5, 0.6) is 0 Å². The van der Waals surface area contributed by atoms with E-state index in [0.29, 0.717) is 13.0 Å². The van der Waals surface area contributed by atoms with Crippen LogP contribution in [-0.4, -0.2) is 20.3 Å². The minimum atomic E-state index is -3.15. The van der Waals surface area contributed by atoms with Crippen molar-refractivity contribution in [3.05, 3.63) is 0 Å². The second kappa shape index (κ2) is 2.88. The van der Waals surface area contributed by atoms with Crippen molar-refractivity contribution in [3.63, 3.8) is 0 Å². The standard InChI is InChI=1S/C6H12O3S/c1-2-3-6-4-5-9-10(6,7)8/h6H,2-5H2,1H3. The van der Waals surface area contributed by atoms with Crippen molar-refractivity contribution in [2.45, 2.75) is 31.4 Å². The molecule has 0 N–H and O–H groups in total. The van der Waals surface area contributed by atoms with Crippen LogP contribution in [0.15, 0.2) is 0 Å². The Morgan fingerprint density at radius 2 is 2.30 bits per heavy atom. The maximum absolute atomic E-state index is 10.9. The van der Waals surface area contributed by atoms with Gasteiger partial charge >= 0.3 is 0 Å². The summed E-state index contributed by atoms with van der Waals surface area (Å²) in [6, 6.07) is 0. The molecule has 0 bridgehead atoms. The average molecular weight is 164 g/mol. The normalized spacial score (nSPS) is 30.7. The Kier molecular flexibility index (Phi) is 2.31. The van der Waals surface area contributed by atoms with Gasteiger partial charge in [-0.1, -0.05) is 13.3 Å². The molecule has 10 heavy (non-hydrogen) atoms. The Labute approximate surface area is 61.5 Å². The lowest BCUT2D eigenvalue weighted by molar-refractivity contribution is 0.354. The van der Waals surface area contributed by atoms with Crippen LogP contribution >= 0.6 is 0 Å². The van der Waals surface area contributed by atoms with Crippen LogP contribution in [0.3, 0.4) is 0 Å². The molecule has 0 aromatic heterocycles. The second-order valence-electron chi connectivity index (χ2n) is 2.51. The van der Waals surface area contributed by atoms with Crippen molar-refractivity contribution < 1.29 is 12.6 Å². The van der Waals surface area contributed by atoms with E-state index in [1.165, 1.54) is 0 Å². The third-order valence-electron chi connectivity index (χ3n) is 1.71. The minimum absolute atomic E-state index is 0.225. The van der Waals surface area contributed by atoms with Gasteiger partial charge in [0.25, 0.3) is 10.1 Å². The van der Waals surface area contributed by atoms with Crippen molar-refractivity contribution >= 4 is 10.1 Å². The molecule has 0 aromatic carbocycles. The molecule has 1 fully saturated rings. The SMILES string of the molecule is CCCC1CCOS1(=O)=O. The first kappa shape index (κ1) is 8.01. The predicted octanol–water partition coefficient (Wildman–Crippen LogP) is 0.905. The lowest BCUT2D eigenvalue weighted by atomic mass is 10.2. The smallest absolute Gasteiger partial charge is 0.270 e. The fraction of sp³-hybridized carbons (Fsp3) is 1.00. The van der Waals surface area contributed by atoms with Gasteiger partial charge in [-0.2, -0.15) is 8.42 Å². The first-order chi connectivity index (χ1) is 4.67. The predicted molar refractivity (Wildman–Crippen MR) is 38.2 cm³/mol. The summed E-state index contributed by atoms with van der Waals surface area (Å²) >= 11 is 0. The summed E-state index contributed by atoms with van der Waals surface area (Å²) in [5, 5.41) is -0.225. The highest BCUT2D eigenvalue weighted by Gasteiger charge is 2.31. The fourth-order valence-corrected chi connectivity index (χ4v) is 2.58. The van der Waals surface area contributed by atoms with Crippen LogP contribution < -0.4 is 0 Å². The summed E-state index contributed by atoms with van der Waals surface area (Å²) in [5.41, 5.74) is 0. The van der Waals surface area contributed by atoms with E-state index in [9.17, 15) is 8.42 Å². The Balaban J connectivity index is 2.60. The monoisotopic (exact) mass is 164 g/mol. The summed E-state index contributed by atoms with van der Waals surface area (Å²) < 4.78 is 26.4. The third kappa shape index (κ3) is 1.49. The zero-order chi connectivity index (χ0) is 7.61. The number of rotatable bonds is 2. The lowest BCUT2D eigenvalue weighted by Crippen LogP contribution is -2.13. The lowest BCUT2D eigenvalue weighted by Gasteiger charge is -2.02. The van der Waals surface area contributed by atoms with Gasteiger partial charge < -0.3 is 0 Å². The van der Waals surface area contributed by atoms with Gasteiger partial charge in [0, 0.05) is 0 Å². The molecular formula is C6H12O3S. The zero-order valence-electron chi connectivity index (χ0n) is 6.04. The molecule has 0 amide bonds. The zero-order valence-corrected chi connectivity index (χ0v) is 6.86. The number of hydrogen-bond acceptors (Lipinski definition) is 3. The highest BCUT2D eigenvalue weighted by Crippen LogP contribution is 2.21. The van der Waals surface area contributed by atoms with Gasteiger partial charge in [-0.3, -0.25) is 4.18 Å². The van der Waals surface area contributed by atoms with Gasteiger partial charge in [0.15, 0.2) is 0 Å². The van der Waals surface area contributed by atoms with E-state index in [1.807, 2.05) is 6.92 Å². The van der Waals surface area contributed by atoms with Gasteiger partial charge in [-0.25, -0.2) is 0 Å². The molecular weight excluding hydrogens is 152 g/mol. The molecule has 0 spiro atoms. The van der Waals surface area contributed by atoms with Crippen LogP contribution in [-0.2, 0) is 14.3 Å². The van der Waals surface area contributed by atoms with E-state index >= 15 is 0 Å². The summed E-state index contributed by atoms with van der Waals surface area (Å²) in [6.45, 7) is 2.36. The van der Waals surface area contributed by atoms with Crippen LogP contribution in [0.25, 0.3) is 0 Å². The Morgan fingerprint density at radius 3 is 2.70 bits per heavy atom. The minimum Gasteiger partial charge on any atom is -0.270 e. The molecule has 1 aliphatic rings. The molecule has 0 radical (unpaired) electrons. The van der Waals surface area contributed by atoms with Gasteiger partial charge in [0.2, 0.25) is 0 Å². The first-order valence-corrected chi connectivity index (χ1v) is 5.02. The molecule has 3 nitrogen and oxygen atoms in total. The molecule has 4 heteroatoms. The van der Waals surface area contributed by atoms with Gasteiger partial charge in [0.05, 0.1) is 11.9 Å². The Hall–Kier alpha value is -0.0900. The first-order valence-electron chi connectivity index (χ1n) is 3.55. The van der Waals surface area contributed by atoms with Crippen molar-refractivity contribution in [1.82, 2.24) is 0 Å². The Morgan fingerprint density at radius 1 is 1.60 bits per heavy atom. The van der Waals surface area contributed by atoms with Gasteiger partial charge in [0.1, 0.15) is 0 Å². The fourth-order valence-electron chi connectivity index (χ4n) is 1.15. The largest absolute Gasteiger partial charge is 0.270 e. The molecule has 1 aliphatic heterocycles. The van der Waals surface area contributed by atoms with E-state index in [-0.39, 0.29) is 5.25 Å². The Bertz CT molecular complexity index is 195. The summed E-state index contributed by atoms with van der Waals surface area (Å²) in [7, 11) is -3.15. The van der Waals surface area contributed by atoms with E-state index in [0.717, 1.165) is 12.8 Å². The molecule has 1 atom stereocenters. The molecule has 1 rings (SSSR count). The molecule has 0 saturated carbocycles. The molecule has 60 valence electrons. The average Bonchev–Trinajstić information content (AvgIpc) is 2.13. The van der Waals surface area contributed by atoms with Crippen molar-refractivity contribution in [2.75, 3.05) is 6.61 Å². The third-order valence-corrected chi connectivity index (χ3v) is 3.49. The maximum atomic E-state index is 10.9. The van der Waals surface area contributed by atoms with Crippen LogP contribution in [0, 0.1) is 0 Å². The maximum Gasteiger partial charge on any atom is 0.270 e. The summed E-state index contributed by atoms with van der Waals surface area (Å²) in [5.74, 6) is 0. The second-order valence-corrected chi connectivity index (χ2v) is 4.40. The molecule has 1 saturated heterocycles. The highest BCUT2D eigenvalue weighted by atomic mass is 32.2. The van der Waals surface area contributed by atoms with Gasteiger partial charge in [-0.15, -0.1) is 0 Å². The van der Waals surface area contributed by atoms with E-state index in [4.69, 9.17) is 0 Å². The van der Waals surface area contributed by atoms with Crippen molar-refractivity contribution in [2.24, 2.45) is 0 Å². The van der Waals surface area contributed by atoms with Crippen LogP contribution in [0.4, 0.5) is 0 Å². The molecule has 0 aliphatic carbocycles. The van der Waals surface area contributed by atoms with Gasteiger partial charge in [-0.05, 0) is 12.8 Å². The topological polar surface area (TPSA) is 43.4 Å². The van der Waals surface area contributed by atoms with Crippen LogP contribution in [0.1, 0.15) is 26.2 Å². The summed E-state index contributed by atoms with van der Waals surface area (Å²) in [4.78, 5) is 0. The van der Waals surface area contributed by atoms with Crippen molar-refractivity contribution in [3.8, 4) is 0 Å². The van der Waals surface area contributed by atoms with E-state index < -0.39 is 10.1 Å². The van der Waals surface area contributed by atoms with E-state index in [2.05, 4.69) is 4.18 Å². The quantitative estimate of drug-likeness (QED) is 0.570. The number of hydrogen-bond donors (Lipinski definition) is 0. The molecule has 1 unspecified atom stereocenters. The molecule has 1 heterocycles. The van der Waals surface area contributed by atoms with E-state index in [1.54, 1.807) is 0 Å². The highest BCUT2D eigenvalue weighted by molar-refractivity contribution is 7.87. The van der Waals surface area contributed by atoms with Crippen molar-refractivity contribution in [1.29, 1.82) is 0 Å². The summed E-state index contributed by atoms with van der Waals surface area (Å²) in [6.07, 6.45) is 2.33. The molecule has 0 aromatic rings.